The molecule has 58 heavy (non-hydrogen) atoms. The molecule has 0 aliphatic carbocycles. The number of carbonyl (C=O) groups is 2. The number of hydrogen-bond donors (Lipinski definition) is 0. The van der Waals surface area contributed by atoms with Gasteiger partial charge in [-0.1, -0.05) is 104 Å². The van der Waals surface area contributed by atoms with Crippen molar-refractivity contribution in [1.29, 1.82) is 0 Å². The maximum atomic E-state index is 12.8. The van der Waals surface area contributed by atoms with E-state index in [0.29, 0.717) is 36.1 Å². The first-order valence-electron chi connectivity index (χ1n) is 21.0. The molecule has 0 aromatic heterocycles. The van der Waals surface area contributed by atoms with Crippen LogP contribution in [0, 0.1) is 0 Å². The van der Waals surface area contributed by atoms with Crippen LogP contribution < -0.4 is 29.8 Å². The maximum absolute atomic E-state index is 12.8. The van der Waals surface area contributed by atoms with Crippen LogP contribution in [-0.2, 0) is 0 Å². The molecule has 10 nitrogen and oxygen atoms in total. The minimum atomic E-state index is -0.688. The van der Waals surface area contributed by atoms with Gasteiger partial charge in [0.25, 0.3) is 0 Å². The molecule has 0 aliphatic heterocycles. The summed E-state index contributed by atoms with van der Waals surface area (Å²) in [7, 11) is 0. The Morgan fingerprint density at radius 1 is 0.414 bits per heavy atom. The third-order valence-electron chi connectivity index (χ3n) is 9.51. The van der Waals surface area contributed by atoms with Gasteiger partial charge in [-0.2, -0.15) is 10.2 Å². The van der Waals surface area contributed by atoms with Crippen LogP contribution in [0.25, 0.3) is 0 Å². The first-order valence-corrected chi connectivity index (χ1v) is 21.0. The van der Waals surface area contributed by atoms with Gasteiger partial charge in [-0.25, -0.2) is 9.59 Å². The molecule has 0 amide bonds. The number of unbranched alkanes of at least 4 members (excludes halogenated alkanes) is 14. The lowest BCUT2D eigenvalue weighted by Gasteiger charge is -2.05. The van der Waals surface area contributed by atoms with Gasteiger partial charge in [-0.3, -0.25) is 9.59 Å². The summed E-state index contributed by atoms with van der Waals surface area (Å²) in [4.78, 5) is 50.8. The Hall–Kier alpha value is -5.64. The van der Waals surface area contributed by atoms with E-state index in [1.54, 1.807) is 48.5 Å². The van der Waals surface area contributed by atoms with Crippen LogP contribution in [0.3, 0.4) is 0 Å². The van der Waals surface area contributed by atoms with Crippen LogP contribution in [0.2, 0.25) is 0 Å². The minimum Gasteiger partial charge on any atom is -0.494 e. The van der Waals surface area contributed by atoms with Gasteiger partial charge in [0.2, 0.25) is 10.9 Å². The van der Waals surface area contributed by atoms with Crippen LogP contribution in [0.4, 0.5) is 11.4 Å². The number of hydrogen-bond acceptors (Lipinski definition) is 10. The quantitative estimate of drug-likeness (QED) is 0.0349. The Balaban J connectivity index is 1.21. The van der Waals surface area contributed by atoms with Crippen LogP contribution in [0.5, 0.6) is 23.0 Å². The average molecular weight is 791 g/mol. The summed E-state index contributed by atoms with van der Waals surface area (Å²) in [5.41, 5.74) is 0.523. The van der Waals surface area contributed by atoms with Crippen molar-refractivity contribution in [1.82, 2.24) is 0 Å². The van der Waals surface area contributed by atoms with Crippen molar-refractivity contribution in [3.8, 4) is 23.0 Å². The molecule has 0 N–H and O–H groups in total. The predicted molar refractivity (Wildman–Crippen MR) is 229 cm³/mol. The molecule has 308 valence electrons. The molecular formula is C48H58N2O8. The van der Waals surface area contributed by atoms with Crippen molar-refractivity contribution in [3.05, 3.63) is 129 Å². The molecule has 0 saturated carbocycles. The Morgan fingerprint density at radius 2 is 0.741 bits per heavy atom. The highest BCUT2D eigenvalue weighted by Crippen LogP contribution is 2.22. The van der Waals surface area contributed by atoms with Gasteiger partial charge in [0.15, 0.2) is 11.5 Å². The van der Waals surface area contributed by atoms with E-state index in [1.807, 2.05) is 0 Å². The molecular weight excluding hydrogens is 733 g/mol. The van der Waals surface area contributed by atoms with Crippen molar-refractivity contribution in [2.45, 2.75) is 117 Å². The fourth-order valence-electron chi connectivity index (χ4n) is 6.05. The maximum Gasteiger partial charge on any atom is 0.343 e. The normalized spacial score (nSPS) is 11.0. The minimum absolute atomic E-state index is 0.0995. The molecule has 0 aliphatic rings. The van der Waals surface area contributed by atoms with Gasteiger partial charge in [-0.15, -0.1) is 0 Å². The fourth-order valence-corrected chi connectivity index (χ4v) is 6.05. The van der Waals surface area contributed by atoms with Crippen LogP contribution in [0.1, 0.15) is 137 Å². The lowest BCUT2D eigenvalue weighted by molar-refractivity contribution is 0.0723. The number of esters is 2. The van der Waals surface area contributed by atoms with Crippen molar-refractivity contribution in [3.63, 3.8) is 0 Å². The van der Waals surface area contributed by atoms with E-state index >= 15 is 0 Å². The second kappa shape index (κ2) is 26.3. The Morgan fingerprint density at radius 3 is 1.10 bits per heavy atom. The lowest BCUT2D eigenvalue weighted by atomic mass is 10.1. The number of carbonyl (C=O) groups excluding carboxylic acids is 2. The standard InChI is InChI=1S/C48H58N2O8/c1-3-5-7-9-11-13-15-17-35-55-41-27-31-43(51)45(33-29-41)57-47(53)37-19-23-39(24-20-37)49-50-40-25-21-38(22-26-40)48(54)58-46-34-30-42(28-32-44(46)52)56-36-18-16-14-12-10-8-6-4-2/h19-34H,3-18,35-36H2,1-2H3. The highest BCUT2D eigenvalue weighted by atomic mass is 16.5. The van der Waals surface area contributed by atoms with Gasteiger partial charge >= 0.3 is 11.9 Å². The highest BCUT2D eigenvalue weighted by molar-refractivity contribution is 5.92. The first kappa shape index (κ1) is 45.1. The van der Waals surface area contributed by atoms with Gasteiger partial charge < -0.3 is 18.9 Å². The van der Waals surface area contributed by atoms with Crippen LogP contribution in [0.15, 0.2) is 117 Å². The summed E-state index contributed by atoms with van der Waals surface area (Å²) in [5.74, 6) is -0.502. The van der Waals surface area contributed by atoms with E-state index < -0.39 is 22.8 Å². The molecule has 0 spiro atoms. The zero-order valence-electron chi connectivity index (χ0n) is 34.1. The number of rotatable bonds is 26. The van der Waals surface area contributed by atoms with E-state index in [2.05, 4.69) is 24.1 Å². The summed E-state index contributed by atoms with van der Waals surface area (Å²) < 4.78 is 22.5. The number of ether oxygens (including phenoxy) is 4. The molecule has 0 heterocycles. The Kier molecular flexibility index (Phi) is 20.4. The van der Waals surface area contributed by atoms with Crippen molar-refractivity contribution < 1.29 is 28.5 Å². The Bertz CT molecular complexity index is 1850. The van der Waals surface area contributed by atoms with Gasteiger partial charge in [0.1, 0.15) is 11.5 Å². The zero-order valence-corrected chi connectivity index (χ0v) is 34.1. The van der Waals surface area contributed by atoms with Crippen LogP contribution >= 0.6 is 0 Å². The highest BCUT2D eigenvalue weighted by Gasteiger charge is 2.13. The summed E-state index contributed by atoms with van der Waals surface area (Å²) in [6.07, 6.45) is 19.2. The molecule has 0 saturated heterocycles. The van der Waals surface area contributed by atoms with Crippen molar-refractivity contribution >= 4 is 23.3 Å². The number of azo groups is 1. The number of nitrogens with zero attached hydrogens (tertiary/aromatic N) is 2. The summed E-state index contributed by atoms with van der Waals surface area (Å²) in [6.45, 7) is 5.55. The van der Waals surface area contributed by atoms with Gasteiger partial charge in [0.05, 0.1) is 35.7 Å². The van der Waals surface area contributed by atoms with E-state index in [4.69, 9.17) is 18.9 Å². The van der Waals surface area contributed by atoms with Gasteiger partial charge in [0, 0.05) is 0 Å². The Labute approximate surface area is 342 Å². The molecule has 4 aromatic carbocycles. The summed E-state index contributed by atoms with van der Waals surface area (Å²) in [5, 5.41) is 8.41. The molecule has 4 rings (SSSR count). The molecule has 0 atom stereocenters. The summed E-state index contributed by atoms with van der Waals surface area (Å²) >= 11 is 0. The third-order valence-corrected chi connectivity index (χ3v) is 9.51. The molecule has 0 radical (unpaired) electrons. The van der Waals surface area contributed by atoms with E-state index in [-0.39, 0.29) is 22.6 Å². The molecule has 10 heteroatoms. The molecule has 0 bridgehead atoms. The van der Waals surface area contributed by atoms with Crippen LogP contribution in [-0.4, -0.2) is 25.2 Å². The van der Waals surface area contributed by atoms with E-state index in [0.717, 1.165) is 25.7 Å². The predicted octanol–water partition coefficient (Wildman–Crippen LogP) is 12.3. The van der Waals surface area contributed by atoms with Gasteiger partial charge in [-0.05, 0) is 110 Å². The third kappa shape index (κ3) is 16.8. The zero-order chi connectivity index (χ0) is 41.2. The topological polar surface area (TPSA) is 130 Å². The second-order valence-corrected chi connectivity index (χ2v) is 14.3. The summed E-state index contributed by atoms with van der Waals surface area (Å²) in [6, 6.07) is 24.5. The van der Waals surface area contributed by atoms with E-state index in [9.17, 15) is 19.2 Å². The lowest BCUT2D eigenvalue weighted by Crippen LogP contribution is -2.13. The first-order chi connectivity index (χ1) is 28.4. The second-order valence-electron chi connectivity index (χ2n) is 14.3. The van der Waals surface area contributed by atoms with Crippen molar-refractivity contribution in [2.24, 2.45) is 10.2 Å². The number of benzene rings is 2. The largest absolute Gasteiger partial charge is 0.494 e. The smallest absolute Gasteiger partial charge is 0.343 e. The molecule has 0 fully saturated rings. The fraction of sp³-hybridized carbons (Fsp3) is 0.417. The molecule has 0 unspecified atom stereocenters. The van der Waals surface area contributed by atoms with E-state index in [1.165, 1.54) is 126 Å². The molecule has 4 aromatic rings. The average Bonchev–Trinajstić information content (AvgIpc) is 3.52. The monoisotopic (exact) mass is 790 g/mol. The SMILES string of the molecule is CCCCCCCCCCOc1ccc(OC(=O)c2ccc(N=Nc3ccc(C(=O)Oc4ccc(OCCCCCCCCCC)ccc4=O)cc3)cc2)c(=O)cc1. The van der Waals surface area contributed by atoms with Crippen molar-refractivity contribution in [2.75, 3.05) is 13.2 Å².